The first-order valence-electron chi connectivity index (χ1n) is 5.34. The maximum absolute atomic E-state index is 11.7. The Morgan fingerprint density at radius 1 is 1.38 bits per heavy atom. The molecule has 74 valence electrons. The van der Waals surface area contributed by atoms with Crippen molar-refractivity contribution in [1.82, 2.24) is 10.2 Å². The van der Waals surface area contributed by atoms with Gasteiger partial charge in [-0.2, -0.15) is 0 Å². The number of hydrogen-bond acceptors (Lipinski definition) is 2. The second-order valence-electron chi connectivity index (χ2n) is 4.05. The maximum Gasteiger partial charge on any atom is 0.222 e. The lowest BCUT2D eigenvalue weighted by molar-refractivity contribution is -0.139. The molecule has 2 fully saturated rings. The minimum atomic E-state index is 0.344. The van der Waals surface area contributed by atoms with Crippen molar-refractivity contribution in [3.05, 3.63) is 0 Å². The smallest absolute Gasteiger partial charge is 0.222 e. The zero-order valence-corrected chi connectivity index (χ0v) is 8.25. The normalized spacial score (nSPS) is 33.2. The van der Waals surface area contributed by atoms with E-state index in [-0.39, 0.29) is 0 Å². The highest BCUT2D eigenvalue weighted by molar-refractivity contribution is 5.76. The summed E-state index contributed by atoms with van der Waals surface area (Å²) >= 11 is 0. The minimum absolute atomic E-state index is 0.344. The molecule has 0 aromatic heterocycles. The molecule has 2 aliphatic rings. The molecule has 0 aliphatic carbocycles. The van der Waals surface area contributed by atoms with Crippen LogP contribution in [0, 0.1) is 0 Å². The number of piperazine rings is 1. The van der Waals surface area contributed by atoms with Crippen LogP contribution in [0.5, 0.6) is 0 Å². The monoisotopic (exact) mass is 182 g/mol. The second-order valence-corrected chi connectivity index (χ2v) is 4.05. The topological polar surface area (TPSA) is 32.3 Å². The van der Waals surface area contributed by atoms with Crippen LogP contribution in [-0.4, -0.2) is 36.0 Å². The van der Waals surface area contributed by atoms with E-state index in [9.17, 15) is 4.79 Å². The molecule has 2 saturated heterocycles. The molecular weight excluding hydrogens is 164 g/mol. The van der Waals surface area contributed by atoms with Crippen LogP contribution in [0.2, 0.25) is 0 Å². The minimum Gasteiger partial charge on any atom is -0.334 e. The van der Waals surface area contributed by atoms with E-state index in [0.29, 0.717) is 24.4 Å². The predicted octanol–water partition coefficient (Wildman–Crippen LogP) is 0.749. The molecule has 3 nitrogen and oxygen atoms in total. The molecule has 13 heavy (non-hydrogen) atoms. The van der Waals surface area contributed by atoms with E-state index >= 15 is 0 Å². The third-order valence-electron chi connectivity index (χ3n) is 3.21. The van der Waals surface area contributed by atoms with Crippen LogP contribution in [0.15, 0.2) is 0 Å². The van der Waals surface area contributed by atoms with Gasteiger partial charge in [0.1, 0.15) is 0 Å². The largest absolute Gasteiger partial charge is 0.334 e. The highest BCUT2D eigenvalue weighted by Gasteiger charge is 2.35. The fourth-order valence-electron chi connectivity index (χ4n) is 2.57. The summed E-state index contributed by atoms with van der Waals surface area (Å²) in [5, 5.41) is 3.40. The van der Waals surface area contributed by atoms with Crippen LogP contribution in [-0.2, 0) is 4.79 Å². The van der Waals surface area contributed by atoms with Crippen molar-refractivity contribution in [2.45, 2.75) is 44.7 Å². The fraction of sp³-hybridized carbons (Fsp3) is 0.900. The van der Waals surface area contributed by atoms with E-state index < -0.39 is 0 Å². The molecule has 1 N–H and O–H groups in total. The maximum atomic E-state index is 11.7. The van der Waals surface area contributed by atoms with Gasteiger partial charge in [0, 0.05) is 31.6 Å². The van der Waals surface area contributed by atoms with E-state index in [1.54, 1.807) is 0 Å². The van der Waals surface area contributed by atoms with E-state index in [4.69, 9.17) is 0 Å². The van der Waals surface area contributed by atoms with Crippen LogP contribution in [0.25, 0.3) is 0 Å². The number of rotatable bonds is 1. The third-order valence-corrected chi connectivity index (χ3v) is 3.21. The SMILES string of the molecule is CCC(=O)N1C2CCCC1CNC2. The Morgan fingerprint density at radius 3 is 2.54 bits per heavy atom. The van der Waals surface area contributed by atoms with E-state index in [2.05, 4.69) is 10.2 Å². The Bertz CT molecular complexity index is 183. The number of nitrogens with zero attached hydrogens (tertiary/aromatic N) is 1. The average molecular weight is 182 g/mol. The van der Waals surface area contributed by atoms with Gasteiger partial charge in [-0.25, -0.2) is 0 Å². The van der Waals surface area contributed by atoms with E-state index in [1.165, 1.54) is 19.3 Å². The van der Waals surface area contributed by atoms with Crippen LogP contribution >= 0.6 is 0 Å². The molecule has 0 radical (unpaired) electrons. The van der Waals surface area contributed by atoms with Gasteiger partial charge >= 0.3 is 0 Å². The summed E-state index contributed by atoms with van der Waals surface area (Å²) in [6.45, 7) is 3.96. The van der Waals surface area contributed by atoms with Gasteiger partial charge in [0.25, 0.3) is 0 Å². The van der Waals surface area contributed by atoms with Gasteiger partial charge in [-0.1, -0.05) is 6.92 Å². The highest BCUT2D eigenvalue weighted by Crippen LogP contribution is 2.25. The van der Waals surface area contributed by atoms with Gasteiger partial charge in [0.05, 0.1) is 0 Å². The molecule has 2 heterocycles. The zero-order chi connectivity index (χ0) is 9.26. The first kappa shape index (κ1) is 9.00. The molecule has 0 aromatic rings. The summed E-state index contributed by atoms with van der Waals surface area (Å²) in [5.41, 5.74) is 0. The van der Waals surface area contributed by atoms with E-state index in [1.807, 2.05) is 6.92 Å². The first-order valence-corrected chi connectivity index (χ1v) is 5.34. The fourth-order valence-corrected chi connectivity index (χ4v) is 2.57. The molecule has 0 aromatic carbocycles. The van der Waals surface area contributed by atoms with Crippen molar-refractivity contribution in [3.63, 3.8) is 0 Å². The van der Waals surface area contributed by atoms with Crippen molar-refractivity contribution in [1.29, 1.82) is 0 Å². The number of fused-ring (bicyclic) bond motifs is 2. The molecule has 2 atom stereocenters. The lowest BCUT2D eigenvalue weighted by Gasteiger charge is -2.46. The zero-order valence-electron chi connectivity index (χ0n) is 8.25. The molecule has 0 spiro atoms. The van der Waals surface area contributed by atoms with Crippen LogP contribution < -0.4 is 5.32 Å². The van der Waals surface area contributed by atoms with Crippen molar-refractivity contribution in [2.75, 3.05) is 13.1 Å². The van der Waals surface area contributed by atoms with Crippen LogP contribution in [0.4, 0.5) is 0 Å². The van der Waals surface area contributed by atoms with Gasteiger partial charge in [-0.05, 0) is 19.3 Å². The first-order chi connectivity index (χ1) is 6.33. The Balaban J connectivity index is 2.10. The quantitative estimate of drug-likeness (QED) is 0.649. The van der Waals surface area contributed by atoms with Gasteiger partial charge in [0.15, 0.2) is 0 Å². The van der Waals surface area contributed by atoms with Crippen LogP contribution in [0.1, 0.15) is 32.6 Å². The molecule has 3 heteroatoms. The molecule has 2 aliphatic heterocycles. The summed E-state index contributed by atoms with van der Waals surface area (Å²) in [6, 6.07) is 0.972. The number of carbonyl (C=O) groups is 1. The van der Waals surface area contributed by atoms with Crippen molar-refractivity contribution < 1.29 is 4.79 Å². The molecule has 0 saturated carbocycles. The Morgan fingerprint density at radius 2 is 2.00 bits per heavy atom. The standard InChI is InChI=1S/C10H18N2O/c1-2-10(13)12-8-4-3-5-9(12)7-11-6-8/h8-9,11H,2-7H2,1H3. The molecule has 2 unspecified atom stereocenters. The van der Waals surface area contributed by atoms with Gasteiger partial charge in [-0.15, -0.1) is 0 Å². The summed E-state index contributed by atoms with van der Waals surface area (Å²) in [5.74, 6) is 0.344. The summed E-state index contributed by atoms with van der Waals surface area (Å²) in [6.07, 6.45) is 4.34. The number of carbonyl (C=O) groups excluding carboxylic acids is 1. The lowest BCUT2D eigenvalue weighted by atomic mass is 9.92. The predicted molar refractivity (Wildman–Crippen MR) is 51.4 cm³/mol. The van der Waals surface area contributed by atoms with Crippen molar-refractivity contribution >= 4 is 5.91 Å². The molecular formula is C10H18N2O. The van der Waals surface area contributed by atoms with Crippen LogP contribution in [0.3, 0.4) is 0 Å². The number of hydrogen-bond donors (Lipinski definition) is 1. The Labute approximate surface area is 79.5 Å². The van der Waals surface area contributed by atoms with Crippen molar-refractivity contribution in [2.24, 2.45) is 0 Å². The summed E-state index contributed by atoms with van der Waals surface area (Å²) in [4.78, 5) is 13.8. The lowest BCUT2D eigenvalue weighted by Crippen LogP contribution is -2.61. The van der Waals surface area contributed by atoms with Gasteiger partial charge < -0.3 is 10.2 Å². The summed E-state index contributed by atoms with van der Waals surface area (Å²) in [7, 11) is 0. The molecule has 2 rings (SSSR count). The average Bonchev–Trinajstić information content (AvgIpc) is 2.15. The summed E-state index contributed by atoms with van der Waals surface area (Å²) < 4.78 is 0. The molecule has 1 amide bonds. The Hall–Kier alpha value is -0.570. The number of nitrogens with one attached hydrogen (secondary N) is 1. The third kappa shape index (κ3) is 1.57. The number of piperidine rings is 1. The highest BCUT2D eigenvalue weighted by atomic mass is 16.2. The number of amides is 1. The van der Waals surface area contributed by atoms with Crippen molar-refractivity contribution in [3.8, 4) is 0 Å². The molecule has 2 bridgehead atoms. The van der Waals surface area contributed by atoms with E-state index in [0.717, 1.165) is 13.1 Å². The second kappa shape index (κ2) is 3.66. The van der Waals surface area contributed by atoms with Gasteiger partial charge in [0.2, 0.25) is 5.91 Å². The Kier molecular flexibility index (Phi) is 2.54. The van der Waals surface area contributed by atoms with Gasteiger partial charge in [-0.3, -0.25) is 4.79 Å².